The van der Waals surface area contributed by atoms with Crippen LogP contribution in [0.25, 0.3) is 0 Å². The highest BCUT2D eigenvalue weighted by Crippen LogP contribution is 2.29. The topological polar surface area (TPSA) is 77.2 Å². The van der Waals surface area contributed by atoms with Gasteiger partial charge in [0.2, 0.25) is 0 Å². The van der Waals surface area contributed by atoms with Crippen LogP contribution < -0.4 is 15.8 Å². The van der Waals surface area contributed by atoms with Crippen molar-refractivity contribution in [3.8, 4) is 5.75 Å². The van der Waals surface area contributed by atoms with E-state index in [0.717, 1.165) is 6.54 Å². The summed E-state index contributed by atoms with van der Waals surface area (Å²) in [6, 6.07) is 3.49. The zero-order valence-corrected chi connectivity index (χ0v) is 12.7. The van der Waals surface area contributed by atoms with Crippen molar-refractivity contribution in [3.63, 3.8) is 0 Å². The number of nitrogens with zero attached hydrogens (tertiary/aromatic N) is 1. The first kappa shape index (κ1) is 15.8. The fraction of sp³-hybridized carbons (Fsp3) is 0.625. The van der Waals surface area contributed by atoms with Crippen molar-refractivity contribution >= 4 is 5.91 Å². The number of nitrogens with one attached hydrogen (secondary N) is 1. The summed E-state index contributed by atoms with van der Waals surface area (Å²) < 4.78 is 5.87. The van der Waals surface area contributed by atoms with Gasteiger partial charge in [-0.15, -0.1) is 0 Å². The van der Waals surface area contributed by atoms with Gasteiger partial charge in [0.05, 0.1) is 6.61 Å². The van der Waals surface area contributed by atoms with Crippen molar-refractivity contribution in [2.45, 2.75) is 32.6 Å². The third-order valence-corrected chi connectivity index (χ3v) is 4.13. The molecule has 5 nitrogen and oxygen atoms in total. The second-order valence-corrected chi connectivity index (χ2v) is 5.59. The molecule has 1 heterocycles. The number of hydrogen-bond acceptors (Lipinski definition) is 4. The highest BCUT2D eigenvalue weighted by Gasteiger charge is 2.24. The van der Waals surface area contributed by atoms with Crippen LogP contribution in [-0.2, 0) is 0 Å². The summed E-state index contributed by atoms with van der Waals surface area (Å²) in [6.45, 7) is 3.87. The summed E-state index contributed by atoms with van der Waals surface area (Å²) in [5, 5.41) is 2.74. The van der Waals surface area contributed by atoms with Gasteiger partial charge in [-0.05, 0) is 44.2 Å². The fourth-order valence-corrected chi connectivity index (χ4v) is 2.89. The van der Waals surface area contributed by atoms with Gasteiger partial charge in [0, 0.05) is 18.8 Å². The molecule has 21 heavy (non-hydrogen) atoms. The van der Waals surface area contributed by atoms with Gasteiger partial charge < -0.3 is 15.8 Å². The molecule has 1 saturated carbocycles. The molecule has 116 valence electrons. The van der Waals surface area contributed by atoms with Crippen molar-refractivity contribution in [1.82, 2.24) is 10.3 Å². The molecule has 1 amide bonds. The molecule has 1 aromatic heterocycles. The van der Waals surface area contributed by atoms with Crippen LogP contribution in [0.5, 0.6) is 5.75 Å². The normalized spacial score (nSPS) is 21.8. The molecule has 3 N–H and O–H groups in total. The van der Waals surface area contributed by atoms with Gasteiger partial charge >= 0.3 is 0 Å². The number of amides is 1. The van der Waals surface area contributed by atoms with Gasteiger partial charge in [-0.1, -0.05) is 12.8 Å². The molecule has 1 aliphatic carbocycles. The van der Waals surface area contributed by atoms with Crippen molar-refractivity contribution < 1.29 is 9.53 Å². The smallest absolute Gasteiger partial charge is 0.270 e. The summed E-state index contributed by atoms with van der Waals surface area (Å²) in [6.07, 6.45) is 6.52. The van der Waals surface area contributed by atoms with E-state index in [2.05, 4.69) is 10.3 Å². The Hall–Kier alpha value is -1.62. The van der Waals surface area contributed by atoms with E-state index in [4.69, 9.17) is 10.5 Å². The monoisotopic (exact) mass is 291 g/mol. The van der Waals surface area contributed by atoms with E-state index in [0.29, 0.717) is 36.4 Å². The molecule has 1 aromatic rings. The molecule has 0 aromatic carbocycles. The highest BCUT2D eigenvalue weighted by molar-refractivity contribution is 5.92. The second-order valence-electron chi connectivity index (χ2n) is 5.59. The van der Waals surface area contributed by atoms with Crippen LogP contribution in [0.15, 0.2) is 18.3 Å². The van der Waals surface area contributed by atoms with E-state index >= 15 is 0 Å². The standard InChI is InChI=1S/C16H25N3O2/c1-2-18-16(20)15-9-14(7-8-19-15)21-11-13-6-4-3-5-12(13)10-17/h7-9,12-13H,2-6,10-11,17H2,1H3,(H,18,20). The molecule has 0 aliphatic heterocycles. The largest absolute Gasteiger partial charge is 0.493 e. The quantitative estimate of drug-likeness (QED) is 0.840. The molecular weight excluding hydrogens is 266 g/mol. The van der Waals surface area contributed by atoms with E-state index < -0.39 is 0 Å². The summed E-state index contributed by atoms with van der Waals surface area (Å²) in [5.74, 6) is 1.61. The van der Waals surface area contributed by atoms with Crippen molar-refractivity contribution in [1.29, 1.82) is 0 Å². The summed E-state index contributed by atoms with van der Waals surface area (Å²) >= 11 is 0. The maximum absolute atomic E-state index is 11.8. The molecule has 2 atom stereocenters. The number of nitrogens with two attached hydrogens (primary N) is 1. The number of rotatable bonds is 6. The highest BCUT2D eigenvalue weighted by atomic mass is 16.5. The first-order valence-corrected chi connectivity index (χ1v) is 7.81. The summed E-state index contributed by atoms with van der Waals surface area (Å²) in [5.41, 5.74) is 6.24. The van der Waals surface area contributed by atoms with Crippen LogP contribution >= 0.6 is 0 Å². The van der Waals surface area contributed by atoms with E-state index in [1.54, 1.807) is 18.3 Å². The minimum absolute atomic E-state index is 0.166. The molecular formula is C16H25N3O2. The van der Waals surface area contributed by atoms with Gasteiger partial charge in [0.15, 0.2) is 0 Å². The molecule has 2 unspecified atom stereocenters. The van der Waals surface area contributed by atoms with E-state index in [9.17, 15) is 4.79 Å². The number of aromatic nitrogens is 1. The molecule has 0 radical (unpaired) electrons. The SMILES string of the molecule is CCNC(=O)c1cc(OCC2CCCCC2CN)ccn1. The maximum atomic E-state index is 11.8. The van der Waals surface area contributed by atoms with Crippen LogP contribution in [0.3, 0.4) is 0 Å². The first-order chi connectivity index (χ1) is 10.2. The lowest BCUT2D eigenvalue weighted by molar-refractivity contribution is 0.0950. The zero-order chi connectivity index (χ0) is 15.1. The molecule has 0 spiro atoms. The Labute approximate surface area is 126 Å². The number of hydrogen-bond donors (Lipinski definition) is 2. The van der Waals surface area contributed by atoms with E-state index in [1.807, 2.05) is 6.92 Å². The lowest BCUT2D eigenvalue weighted by Crippen LogP contribution is -2.30. The summed E-state index contributed by atoms with van der Waals surface area (Å²) in [7, 11) is 0. The Morgan fingerprint density at radius 1 is 1.43 bits per heavy atom. The Kier molecular flexibility index (Phi) is 5.99. The van der Waals surface area contributed by atoms with Crippen molar-refractivity contribution in [3.05, 3.63) is 24.0 Å². The zero-order valence-electron chi connectivity index (χ0n) is 12.7. The van der Waals surface area contributed by atoms with Crippen LogP contribution in [0.4, 0.5) is 0 Å². The average Bonchev–Trinajstić information content (AvgIpc) is 2.53. The predicted molar refractivity (Wildman–Crippen MR) is 82.2 cm³/mol. The Balaban J connectivity index is 1.93. The van der Waals surface area contributed by atoms with Gasteiger partial charge in [0.25, 0.3) is 5.91 Å². The lowest BCUT2D eigenvalue weighted by Gasteiger charge is -2.30. The van der Waals surface area contributed by atoms with E-state index in [-0.39, 0.29) is 5.91 Å². The number of carbonyl (C=O) groups is 1. The van der Waals surface area contributed by atoms with Gasteiger partial charge in [0.1, 0.15) is 11.4 Å². The van der Waals surface area contributed by atoms with Gasteiger partial charge in [-0.25, -0.2) is 0 Å². The van der Waals surface area contributed by atoms with Crippen molar-refractivity contribution in [2.75, 3.05) is 19.7 Å². The lowest BCUT2D eigenvalue weighted by atomic mass is 9.80. The van der Waals surface area contributed by atoms with E-state index in [1.165, 1.54) is 25.7 Å². The predicted octanol–water partition coefficient (Wildman–Crippen LogP) is 1.98. The third-order valence-electron chi connectivity index (χ3n) is 4.13. The number of ether oxygens (including phenoxy) is 1. The Bertz CT molecular complexity index is 465. The molecule has 2 rings (SSSR count). The summed E-state index contributed by atoms with van der Waals surface area (Å²) in [4.78, 5) is 15.8. The van der Waals surface area contributed by atoms with Crippen molar-refractivity contribution in [2.24, 2.45) is 17.6 Å². The van der Waals surface area contributed by atoms with Gasteiger partial charge in [-0.2, -0.15) is 0 Å². The maximum Gasteiger partial charge on any atom is 0.270 e. The van der Waals surface area contributed by atoms with Crippen LogP contribution in [0, 0.1) is 11.8 Å². The first-order valence-electron chi connectivity index (χ1n) is 7.81. The number of carbonyl (C=O) groups excluding carboxylic acids is 1. The van der Waals surface area contributed by atoms with Gasteiger partial charge in [-0.3, -0.25) is 9.78 Å². The molecule has 0 saturated heterocycles. The second kappa shape index (κ2) is 7.98. The average molecular weight is 291 g/mol. The third kappa shape index (κ3) is 4.43. The van der Waals surface area contributed by atoms with Crippen LogP contribution in [-0.4, -0.2) is 30.6 Å². The fourth-order valence-electron chi connectivity index (χ4n) is 2.89. The van der Waals surface area contributed by atoms with Crippen LogP contribution in [0.1, 0.15) is 43.1 Å². The van der Waals surface area contributed by atoms with Crippen LogP contribution in [0.2, 0.25) is 0 Å². The molecule has 5 heteroatoms. The Morgan fingerprint density at radius 3 is 2.90 bits per heavy atom. The Morgan fingerprint density at radius 2 is 2.19 bits per heavy atom. The minimum atomic E-state index is -0.166. The number of pyridine rings is 1. The molecule has 1 aliphatic rings. The molecule has 1 fully saturated rings. The molecule has 0 bridgehead atoms. The minimum Gasteiger partial charge on any atom is -0.493 e.